The Morgan fingerprint density at radius 2 is 2.27 bits per heavy atom. The quantitative estimate of drug-likeness (QED) is 0.570. The molecule has 0 aromatic rings. The van der Waals surface area contributed by atoms with Gasteiger partial charge in [-0.1, -0.05) is 13.8 Å². The second-order valence-corrected chi connectivity index (χ2v) is 2.60. The largest absolute Gasteiger partial charge is 0.480 e. The summed E-state index contributed by atoms with van der Waals surface area (Å²) in [7, 11) is 0. The molecule has 0 radical (unpaired) electrons. The first kappa shape index (κ1) is 9.92. The summed E-state index contributed by atoms with van der Waals surface area (Å²) in [6.07, 6.45) is 0. The number of hydrogen-bond donors (Lipinski definition) is 2. The van der Waals surface area contributed by atoms with Crippen molar-refractivity contribution in [2.24, 2.45) is 5.92 Å². The minimum Gasteiger partial charge on any atom is -0.480 e. The molecule has 4 nitrogen and oxygen atoms in total. The molecule has 1 unspecified atom stereocenters. The van der Waals surface area contributed by atoms with Crippen LogP contribution in [0.5, 0.6) is 0 Å². The lowest BCUT2D eigenvalue weighted by Gasteiger charge is -2.15. The van der Waals surface area contributed by atoms with Gasteiger partial charge in [-0.05, 0) is 5.92 Å². The number of nitriles is 1. The molecule has 0 saturated carbocycles. The minimum absolute atomic E-state index is 0.000787. The third kappa shape index (κ3) is 3.58. The lowest BCUT2D eigenvalue weighted by Crippen LogP contribution is -2.40. The highest BCUT2D eigenvalue weighted by Crippen LogP contribution is 2.00. The lowest BCUT2D eigenvalue weighted by atomic mass is 10.1. The molecule has 4 heteroatoms. The topological polar surface area (TPSA) is 73.1 Å². The van der Waals surface area contributed by atoms with Gasteiger partial charge in [-0.3, -0.25) is 10.1 Å². The van der Waals surface area contributed by atoms with Gasteiger partial charge in [0, 0.05) is 0 Å². The molecular weight excluding hydrogens is 144 g/mol. The molecule has 62 valence electrons. The van der Waals surface area contributed by atoms with Crippen LogP contribution in [0.4, 0.5) is 0 Å². The maximum atomic E-state index is 10.5. The summed E-state index contributed by atoms with van der Waals surface area (Å²) in [5.41, 5.74) is 0. The van der Waals surface area contributed by atoms with Crippen molar-refractivity contribution < 1.29 is 9.90 Å². The second-order valence-electron chi connectivity index (χ2n) is 2.60. The summed E-state index contributed by atoms with van der Waals surface area (Å²) in [6.45, 7) is 3.67. The normalized spacial score (nSPS) is 12.5. The van der Waals surface area contributed by atoms with Crippen LogP contribution in [-0.4, -0.2) is 23.7 Å². The molecule has 0 aliphatic rings. The van der Waals surface area contributed by atoms with Crippen molar-refractivity contribution in [3.63, 3.8) is 0 Å². The Morgan fingerprint density at radius 1 is 1.73 bits per heavy atom. The molecule has 0 heterocycles. The summed E-state index contributed by atoms with van der Waals surface area (Å²) in [4.78, 5) is 10.5. The summed E-state index contributed by atoms with van der Waals surface area (Å²) in [5.74, 6) is -0.906. The van der Waals surface area contributed by atoms with Crippen LogP contribution >= 0.6 is 0 Å². The van der Waals surface area contributed by atoms with E-state index in [0.717, 1.165) is 0 Å². The summed E-state index contributed by atoms with van der Waals surface area (Å²) in [6, 6.07) is 1.22. The molecule has 0 aromatic heterocycles. The fourth-order valence-corrected chi connectivity index (χ4v) is 0.764. The van der Waals surface area contributed by atoms with Gasteiger partial charge in [-0.2, -0.15) is 5.26 Å². The molecule has 0 spiro atoms. The SMILES string of the molecule is CC(C)C(NCC#N)C(=O)O. The average Bonchev–Trinajstić information content (AvgIpc) is 1.87. The Labute approximate surface area is 65.8 Å². The van der Waals surface area contributed by atoms with Crippen LogP contribution in [-0.2, 0) is 4.79 Å². The fourth-order valence-electron chi connectivity index (χ4n) is 0.764. The highest BCUT2D eigenvalue weighted by atomic mass is 16.4. The number of rotatable bonds is 4. The number of carboxylic acid groups (broad SMARTS) is 1. The van der Waals surface area contributed by atoms with Crippen molar-refractivity contribution in [3.8, 4) is 6.07 Å². The first-order valence-electron chi connectivity index (χ1n) is 3.42. The van der Waals surface area contributed by atoms with Crippen molar-refractivity contribution in [3.05, 3.63) is 0 Å². The van der Waals surface area contributed by atoms with E-state index in [1.54, 1.807) is 13.8 Å². The van der Waals surface area contributed by atoms with Crippen LogP contribution < -0.4 is 5.32 Å². The number of nitrogens with zero attached hydrogens (tertiary/aromatic N) is 1. The molecule has 1 atom stereocenters. The van der Waals surface area contributed by atoms with E-state index in [2.05, 4.69) is 5.32 Å². The van der Waals surface area contributed by atoms with Crippen molar-refractivity contribution >= 4 is 5.97 Å². The van der Waals surface area contributed by atoms with Crippen LogP contribution in [0, 0.1) is 17.2 Å². The van der Waals surface area contributed by atoms with Crippen LogP contribution in [0.3, 0.4) is 0 Å². The van der Waals surface area contributed by atoms with Gasteiger partial charge in [-0.25, -0.2) is 0 Å². The zero-order valence-electron chi connectivity index (χ0n) is 6.66. The van der Waals surface area contributed by atoms with Gasteiger partial charge < -0.3 is 5.11 Å². The number of carboxylic acids is 1. The number of hydrogen-bond acceptors (Lipinski definition) is 3. The van der Waals surface area contributed by atoms with E-state index >= 15 is 0 Å². The molecule has 0 rings (SSSR count). The molecule has 2 N–H and O–H groups in total. The van der Waals surface area contributed by atoms with Crippen molar-refractivity contribution in [2.75, 3.05) is 6.54 Å². The molecule has 0 bridgehead atoms. The van der Waals surface area contributed by atoms with Gasteiger partial charge in [0.05, 0.1) is 12.6 Å². The maximum Gasteiger partial charge on any atom is 0.320 e. The third-order valence-corrected chi connectivity index (χ3v) is 1.33. The van der Waals surface area contributed by atoms with Crippen molar-refractivity contribution in [1.82, 2.24) is 5.32 Å². The van der Waals surface area contributed by atoms with Gasteiger partial charge in [0.1, 0.15) is 6.04 Å². The fraction of sp³-hybridized carbons (Fsp3) is 0.714. The van der Waals surface area contributed by atoms with E-state index < -0.39 is 12.0 Å². The zero-order chi connectivity index (χ0) is 8.85. The molecule has 0 aliphatic heterocycles. The standard InChI is InChI=1S/C7H12N2O2/c1-5(2)6(7(10)11)9-4-3-8/h5-6,9H,4H2,1-2H3,(H,10,11). The van der Waals surface area contributed by atoms with Crippen LogP contribution in [0.15, 0.2) is 0 Å². The molecule has 0 saturated heterocycles. The Morgan fingerprint density at radius 3 is 2.55 bits per heavy atom. The van der Waals surface area contributed by atoms with E-state index in [9.17, 15) is 4.79 Å². The molecule has 11 heavy (non-hydrogen) atoms. The van der Waals surface area contributed by atoms with E-state index in [-0.39, 0.29) is 12.5 Å². The van der Waals surface area contributed by atoms with Gasteiger partial charge in [0.25, 0.3) is 0 Å². The van der Waals surface area contributed by atoms with Gasteiger partial charge >= 0.3 is 5.97 Å². The predicted molar refractivity (Wildman–Crippen MR) is 39.9 cm³/mol. The number of nitrogens with one attached hydrogen (secondary N) is 1. The Balaban J connectivity index is 3.92. The minimum atomic E-state index is -0.907. The predicted octanol–water partition coefficient (Wildman–Crippen LogP) is 0.209. The first-order valence-corrected chi connectivity index (χ1v) is 3.42. The van der Waals surface area contributed by atoms with Crippen molar-refractivity contribution in [2.45, 2.75) is 19.9 Å². The number of carbonyl (C=O) groups is 1. The van der Waals surface area contributed by atoms with E-state index in [0.29, 0.717) is 0 Å². The molecule has 0 aromatic carbocycles. The van der Waals surface area contributed by atoms with Gasteiger partial charge in [0.2, 0.25) is 0 Å². The Bertz CT molecular complexity index is 172. The summed E-state index contributed by atoms with van der Waals surface area (Å²) >= 11 is 0. The lowest BCUT2D eigenvalue weighted by molar-refractivity contribution is -0.140. The van der Waals surface area contributed by atoms with Crippen LogP contribution in [0.25, 0.3) is 0 Å². The third-order valence-electron chi connectivity index (χ3n) is 1.33. The molecule has 0 aliphatic carbocycles. The maximum absolute atomic E-state index is 10.5. The molecular formula is C7H12N2O2. The molecule has 0 amide bonds. The van der Waals surface area contributed by atoms with Crippen molar-refractivity contribution in [1.29, 1.82) is 5.26 Å². The smallest absolute Gasteiger partial charge is 0.320 e. The summed E-state index contributed by atoms with van der Waals surface area (Å²) < 4.78 is 0. The second kappa shape index (κ2) is 4.69. The highest BCUT2D eigenvalue weighted by molar-refractivity contribution is 5.73. The average molecular weight is 156 g/mol. The number of aliphatic carboxylic acids is 1. The highest BCUT2D eigenvalue weighted by Gasteiger charge is 2.19. The van der Waals surface area contributed by atoms with E-state index in [4.69, 9.17) is 10.4 Å². The van der Waals surface area contributed by atoms with Crippen LogP contribution in [0.1, 0.15) is 13.8 Å². The van der Waals surface area contributed by atoms with E-state index in [1.165, 1.54) is 0 Å². The summed E-state index contributed by atoms with van der Waals surface area (Å²) in [5, 5.41) is 19.4. The Hall–Kier alpha value is -1.08. The Kier molecular flexibility index (Phi) is 4.23. The molecule has 0 fully saturated rings. The van der Waals surface area contributed by atoms with Crippen LogP contribution in [0.2, 0.25) is 0 Å². The monoisotopic (exact) mass is 156 g/mol. The van der Waals surface area contributed by atoms with Gasteiger partial charge in [0.15, 0.2) is 0 Å². The van der Waals surface area contributed by atoms with Gasteiger partial charge in [-0.15, -0.1) is 0 Å². The zero-order valence-corrected chi connectivity index (χ0v) is 6.66. The first-order chi connectivity index (χ1) is 5.09. The van der Waals surface area contributed by atoms with E-state index in [1.807, 2.05) is 6.07 Å².